The number of pyridine rings is 1. The third kappa shape index (κ3) is 5.08. The lowest BCUT2D eigenvalue weighted by Crippen LogP contribution is -2.48. The van der Waals surface area contributed by atoms with Gasteiger partial charge in [-0.3, -0.25) is 4.79 Å². The van der Waals surface area contributed by atoms with Crippen molar-refractivity contribution in [1.29, 1.82) is 0 Å². The first-order valence-corrected chi connectivity index (χ1v) is 11.2. The Morgan fingerprint density at radius 1 is 0.943 bits per heavy atom. The second kappa shape index (κ2) is 9.32. The zero-order valence-electron chi connectivity index (χ0n) is 18.8. The summed E-state index contributed by atoms with van der Waals surface area (Å²) in [6.07, 6.45) is -0.571. The summed E-state index contributed by atoms with van der Waals surface area (Å²) in [6.45, 7) is 2.02. The van der Waals surface area contributed by atoms with Crippen LogP contribution in [-0.2, 0) is 12.8 Å². The molecule has 9 heteroatoms. The first kappa shape index (κ1) is 22.8. The zero-order chi connectivity index (χ0) is 24.4. The molecule has 0 unspecified atom stereocenters. The van der Waals surface area contributed by atoms with Gasteiger partial charge in [0.15, 0.2) is 0 Å². The van der Waals surface area contributed by atoms with Gasteiger partial charge >= 0.3 is 6.18 Å². The van der Waals surface area contributed by atoms with Crippen molar-refractivity contribution in [2.45, 2.75) is 12.8 Å². The van der Waals surface area contributed by atoms with Crippen LogP contribution >= 0.6 is 0 Å². The number of ether oxygens (including phenoxy) is 1. The summed E-state index contributed by atoms with van der Waals surface area (Å²) in [5.41, 5.74) is 1.95. The van der Waals surface area contributed by atoms with E-state index in [9.17, 15) is 18.0 Å². The van der Waals surface area contributed by atoms with Crippen LogP contribution in [0.15, 0.2) is 79.1 Å². The number of benzene rings is 2. The summed E-state index contributed by atoms with van der Waals surface area (Å²) in [6, 6.07) is 18.0. The fraction of sp³-hybridized carbons (Fsp3) is 0.231. The van der Waals surface area contributed by atoms with Gasteiger partial charge in [-0.15, -0.1) is 0 Å². The first-order valence-electron chi connectivity index (χ1n) is 11.2. The molecule has 180 valence electrons. The number of halogens is 3. The molecule has 0 N–H and O–H groups in total. The Kier molecular flexibility index (Phi) is 6.07. The third-order valence-electron chi connectivity index (χ3n) is 5.99. The van der Waals surface area contributed by atoms with Crippen LogP contribution in [0.2, 0.25) is 0 Å². The minimum Gasteiger partial charge on any atom is -0.487 e. The van der Waals surface area contributed by atoms with Crippen LogP contribution in [0.3, 0.4) is 0 Å². The monoisotopic (exact) mass is 480 g/mol. The van der Waals surface area contributed by atoms with E-state index in [2.05, 4.69) is 4.98 Å². The van der Waals surface area contributed by atoms with Crippen molar-refractivity contribution in [3.63, 3.8) is 0 Å². The van der Waals surface area contributed by atoms with E-state index in [1.165, 1.54) is 6.07 Å². The predicted octanol–water partition coefficient (Wildman–Crippen LogP) is 4.89. The number of fused-ring (bicyclic) bond motifs is 1. The second-order valence-corrected chi connectivity index (χ2v) is 8.34. The SMILES string of the molecule is O=C(c1cccc(OCc2cn3ccccc3n2)c1)N1CCN(c2cccc(C(F)(F)F)c2)CC1. The summed E-state index contributed by atoms with van der Waals surface area (Å²) < 4.78 is 46.9. The number of imidazole rings is 1. The largest absolute Gasteiger partial charge is 0.487 e. The molecule has 1 fully saturated rings. The van der Waals surface area contributed by atoms with Gasteiger partial charge in [0.1, 0.15) is 18.0 Å². The maximum absolute atomic E-state index is 13.1. The highest BCUT2D eigenvalue weighted by Crippen LogP contribution is 2.32. The number of amides is 1. The fourth-order valence-corrected chi connectivity index (χ4v) is 4.16. The Labute approximate surface area is 200 Å². The van der Waals surface area contributed by atoms with Gasteiger partial charge in [-0.25, -0.2) is 4.98 Å². The topological polar surface area (TPSA) is 50.1 Å². The Bertz CT molecular complexity index is 1310. The van der Waals surface area contributed by atoms with Crippen molar-refractivity contribution < 1.29 is 22.7 Å². The third-order valence-corrected chi connectivity index (χ3v) is 5.99. The molecule has 35 heavy (non-hydrogen) atoms. The van der Waals surface area contributed by atoms with Crippen molar-refractivity contribution in [3.8, 4) is 5.75 Å². The van der Waals surface area contributed by atoms with Gasteiger partial charge in [-0.1, -0.05) is 18.2 Å². The molecular weight excluding hydrogens is 457 g/mol. The number of piperazine rings is 1. The Balaban J connectivity index is 1.20. The molecule has 1 aliphatic heterocycles. The normalized spacial score (nSPS) is 14.4. The van der Waals surface area contributed by atoms with E-state index in [0.29, 0.717) is 43.2 Å². The van der Waals surface area contributed by atoms with Crippen LogP contribution in [0.1, 0.15) is 21.6 Å². The number of rotatable bonds is 5. The summed E-state index contributed by atoms with van der Waals surface area (Å²) in [5, 5.41) is 0. The number of nitrogens with zero attached hydrogens (tertiary/aromatic N) is 4. The van der Waals surface area contributed by atoms with Gasteiger partial charge in [0, 0.05) is 49.8 Å². The van der Waals surface area contributed by atoms with Crippen molar-refractivity contribution in [2.75, 3.05) is 31.1 Å². The highest BCUT2D eigenvalue weighted by Gasteiger charge is 2.31. The number of alkyl halides is 3. The van der Waals surface area contributed by atoms with Crippen LogP contribution in [0, 0.1) is 0 Å². The predicted molar refractivity (Wildman–Crippen MR) is 126 cm³/mol. The maximum Gasteiger partial charge on any atom is 0.416 e. The molecule has 3 heterocycles. The highest BCUT2D eigenvalue weighted by atomic mass is 19.4. The number of hydrogen-bond acceptors (Lipinski definition) is 4. The number of hydrogen-bond donors (Lipinski definition) is 0. The minimum absolute atomic E-state index is 0.133. The second-order valence-electron chi connectivity index (χ2n) is 8.34. The van der Waals surface area contributed by atoms with Crippen LogP contribution in [0.4, 0.5) is 18.9 Å². The Morgan fingerprint density at radius 2 is 1.74 bits per heavy atom. The molecule has 0 bridgehead atoms. The van der Waals surface area contributed by atoms with Crippen LogP contribution in [0.25, 0.3) is 5.65 Å². The van der Waals surface area contributed by atoms with Crippen LogP contribution in [0.5, 0.6) is 5.75 Å². The van der Waals surface area contributed by atoms with E-state index >= 15 is 0 Å². The van der Waals surface area contributed by atoms with Crippen molar-refractivity contribution in [3.05, 3.63) is 95.9 Å². The van der Waals surface area contributed by atoms with Gasteiger partial charge < -0.3 is 18.9 Å². The maximum atomic E-state index is 13.1. The lowest BCUT2D eigenvalue weighted by Gasteiger charge is -2.36. The number of aromatic nitrogens is 2. The summed E-state index contributed by atoms with van der Waals surface area (Å²) in [4.78, 5) is 21.1. The van der Waals surface area contributed by atoms with Gasteiger partial charge in [-0.05, 0) is 48.5 Å². The molecule has 0 aliphatic carbocycles. The van der Waals surface area contributed by atoms with Crippen molar-refractivity contribution in [1.82, 2.24) is 14.3 Å². The van der Waals surface area contributed by atoms with E-state index < -0.39 is 11.7 Å². The van der Waals surface area contributed by atoms with E-state index in [1.807, 2.05) is 39.9 Å². The highest BCUT2D eigenvalue weighted by molar-refractivity contribution is 5.94. The summed E-state index contributed by atoms with van der Waals surface area (Å²) >= 11 is 0. The molecule has 1 saturated heterocycles. The number of carbonyl (C=O) groups is 1. The molecule has 0 atom stereocenters. The average molecular weight is 480 g/mol. The minimum atomic E-state index is -4.38. The van der Waals surface area contributed by atoms with Crippen molar-refractivity contribution in [2.24, 2.45) is 0 Å². The average Bonchev–Trinajstić information content (AvgIpc) is 3.30. The van der Waals surface area contributed by atoms with Gasteiger partial charge in [0.25, 0.3) is 5.91 Å². The van der Waals surface area contributed by atoms with Crippen LogP contribution in [-0.4, -0.2) is 46.4 Å². The fourth-order valence-electron chi connectivity index (χ4n) is 4.16. The van der Waals surface area contributed by atoms with Gasteiger partial charge in [0.05, 0.1) is 11.3 Å². The lowest BCUT2D eigenvalue weighted by molar-refractivity contribution is -0.137. The molecule has 4 aromatic rings. The molecule has 0 radical (unpaired) electrons. The quantitative estimate of drug-likeness (QED) is 0.408. The standard InChI is InChI=1S/C26H23F3N4O2/c27-26(28,29)20-6-4-7-22(16-20)31-11-13-32(14-12-31)25(34)19-5-3-8-23(15-19)35-18-21-17-33-10-2-1-9-24(33)30-21/h1-10,15-17H,11-14,18H2. The first-order chi connectivity index (χ1) is 16.9. The van der Waals surface area contributed by atoms with Gasteiger partial charge in [-0.2, -0.15) is 13.2 Å². The van der Waals surface area contributed by atoms with E-state index in [0.717, 1.165) is 23.5 Å². The van der Waals surface area contributed by atoms with Crippen molar-refractivity contribution >= 4 is 17.2 Å². The molecule has 0 spiro atoms. The molecule has 1 aliphatic rings. The summed E-state index contributed by atoms with van der Waals surface area (Å²) in [5.74, 6) is 0.433. The molecule has 2 aromatic heterocycles. The molecule has 1 amide bonds. The molecular formula is C26H23F3N4O2. The van der Waals surface area contributed by atoms with E-state index in [-0.39, 0.29) is 12.5 Å². The lowest BCUT2D eigenvalue weighted by atomic mass is 10.1. The Morgan fingerprint density at radius 3 is 2.51 bits per heavy atom. The smallest absolute Gasteiger partial charge is 0.416 e. The van der Waals surface area contributed by atoms with Crippen LogP contribution < -0.4 is 9.64 Å². The molecule has 0 saturated carbocycles. The van der Waals surface area contributed by atoms with Gasteiger partial charge in [0.2, 0.25) is 0 Å². The van der Waals surface area contributed by atoms with E-state index in [4.69, 9.17) is 4.74 Å². The number of anilines is 1. The van der Waals surface area contributed by atoms with E-state index in [1.54, 1.807) is 35.2 Å². The molecule has 5 rings (SSSR count). The summed E-state index contributed by atoms with van der Waals surface area (Å²) in [7, 11) is 0. The molecule has 6 nitrogen and oxygen atoms in total. The number of carbonyl (C=O) groups excluding carboxylic acids is 1. The Hall–Kier alpha value is -4.01. The zero-order valence-corrected chi connectivity index (χ0v) is 18.8. The molecule has 2 aromatic carbocycles.